The second kappa shape index (κ2) is 8.20. The first-order chi connectivity index (χ1) is 15.3. The molecule has 0 spiro atoms. The summed E-state index contributed by atoms with van der Waals surface area (Å²) in [5.41, 5.74) is 2.42. The van der Waals surface area contributed by atoms with E-state index in [0.29, 0.717) is 17.7 Å². The lowest BCUT2D eigenvalue weighted by atomic mass is 9.87. The number of rotatable bonds is 4. The topological polar surface area (TPSA) is 69.3 Å². The van der Waals surface area contributed by atoms with E-state index >= 15 is 0 Å². The minimum Gasteiger partial charge on any atom is -0.326 e. The fourth-order valence-corrected chi connectivity index (χ4v) is 4.11. The first kappa shape index (κ1) is 21.1. The van der Waals surface area contributed by atoms with Gasteiger partial charge in [0.1, 0.15) is 11.2 Å². The maximum absolute atomic E-state index is 13.4. The molecule has 6 heteroatoms. The molecule has 1 aromatic heterocycles. The van der Waals surface area contributed by atoms with Crippen molar-refractivity contribution in [1.82, 2.24) is 14.4 Å². The Morgan fingerprint density at radius 2 is 1.75 bits per heavy atom. The lowest BCUT2D eigenvalue weighted by Gasteiger charge is -2.45. The zero-order chi connectivity index (χ0) is 22.9. The molecule has 2 aromatic carbocycles. The SMILES string of the molecule is CN1C(=O)C(C)(Cc2ccccc2)N(C)C(=O)/C1=C/c1cccn1-c1cccc(C#N)c1. The molecule has 1 atom stereocenters. The number of carbonyl (C=O) groups is 2. The van der Waals surface area contributed by atoms with Crippen molar-refractivity contribution in [3.63, 3.8) is 0 Å². The van der Waals surface area contributed by atoms with Crippen LogP contribution in [0.25, 0.3) is 11.8 Å². The van der Waals surface area contributed by atoms with Crippen molar-refractivity contribution in [2.45, 2.75) is 18.9 Å². The molecule has 4 rings (SSSR count). The smallest absolute Gasteiger partial charge is 0.271 e. The molecule has 1 saturated heterocycles. The summed E-state index contributed by atoms with van der Waals surface area (Å²) in [5, 5.41) is 9.21. The van der Waals surface area contributed by atoms with Crippen LogP contribution >= 0.6 is 0 Å². The van der Waals surface area contributed by atoms with E-state index in [1.807, 2.05) is 72.3 Å². The van der Waals surface area contributed by atoms with Crippen molar-refractivity contribution in [3.05, 3.63) is 95.4 Å². The van der Waals surface area contributed by atoms with E-state index in [9.17, 15) is 14.9 Å². The van der Waals surface area contributed by atoms with Crippen molar-refractivity contribution in [2.24, 2.45) is 0 Å². The quantitative estimate of drug-likeness (QED) is 0.601. The average Bonchev–Trinajstić information content (AvgIpc) is 3.28. The van der Waals surface area contributed by atoms with Gasteiger partial charge in [0.05, 0.1) is 11.6 Å². The number of nitrogens with zero attached hydrogens (tertiary/aromatic N) is 4. The van der Waals surface area contributed by atoms with Crippen LogP contribution in [0, 0.1) is 11.3 Å². The maximum Gasteiger partial charge on any atom is 0.271 e. The standard InChI is InChI=1S/C26H24N4O2/c1-26(17-19-9-5-4-6-10-19)25(32)28(2)23(24(31)29(26)3)16-22-13-8-14-30(22)21-12-7-11-20(15-21)18-27/h4-16H,17H2,1-3H3/b23-16-. The highest BCUT2D eigenvalue weighted by Crippen LogP contribution is 2.31. The van der Waals surface area contributed by atoms with Gasteiger partial charge in [-0.25, -0.2) is 0 Å². The molecular weight excluding hydrogens is 400 g/mol. The number of aromatic nitrogens is 1. The molecule has 0 radical (unpaired) electrons. The zero-order valence-electron chi connectivity index (χ0n) is 18.3. The summed E-state index contributed by atoms with van der Waals surface area (Å²) >= 11 is 0. The largest absolute Gasteiger partial charge is 0.326 e. The van der Waals surface area contributed by atoms with Gasteiger partial charge in [-0.05, 0) is 48.9 Å². The number of amides is 2. The van der Waals surface area contributed by atoms with Gasteiger partial charge in [0.25, 0.3) is 11.8 Å². The van der Waals surface area contributed by atoms with Crippen molar-refractivity contribution in [2.75, 3.05) is 14.1 Å². The highest BCUT2D eigenvalue weighted by atomic mass is 16.2. The van der Waals surface area contributed by atoms with E-state index in [2.05, 4.69) is 6.07 Å². The fourth-order valence-electron chi connectivity index (χ4n) is 4.11. The van der Waals surface area contributed by atoms with Gasteiger partial charge in [-0.2, -0.15) is 5.26 Å². The molecule has 1 unspecified atom stereocenters. The van der Waals surface area contributed by atoms with E-state index in [1.54, 1.807) is 32.3 Å². The Labute approximate surface area is 187 Å². The first-order valence-electron chi connectivity index (χ1n) is 10.3. The van der Waals surface area contributed by atoms with Gasteiger partial charge in [0.2, 0.25) is 0 Å². The molecule has 160 valence electrons. The Hall–Kier alpha value is -4.11. The van der Waals surface area contributed by atoms with Crippen LogP contribution in [0.1, 0.15) is 23.7 Å². The van der Waals surface area contributed by atoms with Gasteiger partial charge in [-0.1, -0.05) is 36.4 Å². The van der Waals surface area contributed by atoms with Gasteiger partial charge < -0.3 is 14.4 Å². The summed E-state index contributed by atoms with van der Waals surface area (Å²) in [6, 6.07) is 22.8. The molecular formula is C26H24N4O2. The third kappa shape index (κ3) is 3.58. The van der Waals surface area contributed by atoms with E-state index in [1.165, 1.54) is 9.80 Å². The molecule has 2 heterocycles. The van der Waals surface area contributed by atoms with E-state index in [4.69, 9.17) is 0 Å². The van der Waals surface area contributed by atoms with Gasteiger partial charge in [-0.15, -0.1) is 0 Å². The van der Waals surface area contributed by atoms with E-state index in [0.717, 1.165) is 16.9 Å². The summed E-state index contributed by atoms with van der Waals surface area (Å²) in [7, 11) is 3.32. The van der Waals surface area contributed by atoms with Crippen molar-refractivity contribution in [3.8, 4) is 11.8 Å². The monoisotopic (exact) mass is 424 g/mol. The minimum absolute atomic E-state index is 0.140. The molecule has 6 nitrogen and oxygen atoms in total. The Balaban J connectivity index is 1.70. The van der Waals surface area contributed by atoms with Crippen LogP contribution in [0.5, 0.6) is 0 Å². The van der Waals surface area contributed by atoms with Crippen LogP contribution < -0.4 is 0 Å². The summed E-state index contributed by atoms with van der Waals surface area (Å²) in [4.78, 5) is 29.8. The third-order valence-corrected chi connectivity index (χ3v) is 6.10. The molecule has 1 aliphatic heterocycles. The number of hydrogen-bond acceptors (Lipinski definition) is 3. The van der Waals surface area contributed by atoms with Crippen LogP contribution in [0.2, 0.25) is 0 Å². The second-order valence-corrected chi connectivity index (χ2v) is 8.16. The van der Waals surface area contributed by atoms with Crippen molar-refractivity contribution >= 4 is 17.9 Å². The molecule has 0 saturated carbocycles. The summed E-state index contributed by atoms with van der Waals surface area (Å²) in [5.74, 6) is -0.358. The normalized spacial score (nSPS) is 20.0. The fraction of sp³-hybridized carbons (Fsp3) is 0.192. The predicted molar refractivity (Wildman–Crippen MR) is 123 cm³/mol. The average molecular weight is 425 g/mol. The van der Waals surface area contributed by atoms with Gasteiger partial charge >= 0.3 is 0 Å². The molecule has 2 amide bonds. The number of hydrogen-bond donors (Lipinski definition) is 0. The molecule has 0 N–H and O–H groups in total. The van der Waals surface area contributed by atoms with Crippen molar-refractivity contribution in [1.29, 1.82) is 5.26 Å². The van der Waals surface area contributed by atoms with Crippen LogP contribution in [0.15, 0.2) is 78.6 Å². The van der Waals surface area contributed by atoms with Gasteiger partial charge in [0.15, 0.2) is 0 Å². The third-order valence-electron chi connectivity index (χ3n) is 6.10. The highest BCUT2D eigenvalue weighted by molar-refractivity contribution is 6.08. The molecule has 3 aromatic rings. The highest BCUT2D eigenvalue weighted by Gasteiger charge is 2.48. The molecule has 32 heavy (non-hydrogen) atoms. The summed E-state index contributed by atoms with van der Waals surface area (Å²) in [6.45, 7) is 1.81. The number of nitriles is 1. The number of likely N-dealkylation sites (N-methyl/N-ethyl adjacent to an activating group) is 2. The van der Waals surface area contributed by atoms with Crippen LogP contribution in [-0.2, 0) is 16.0 Å². The Bertz CT molecular complexity index is 1250. The Morgan fingerprint density at radius 3 is 2.47 bits per heavy atom. The lowest BCUT2D eigenvalue weighted by molar-refractivity contribution is -0.155. The lowest BCUT2D eigenvalue weighted by Crippen LogP contribution is -2.64. The summed E-state index contributed by atoms with van der Waals surface area (Å²) < 4.78 is 1.89. The number of carbonyl (C=O) groups excluding carboxylic acids is 2. The molecule has 1 aliphatic rings. The first-order valence-corrected chi connectivity index (χ1v) is 10.3. The zero-order valence-corrected chi connectivity index (χ0v) is 18.3. The molecule has 0 bridgehead atoms. The van der Waals surface area contributed by atoms with Crippen LogP contribution in [-0.4, -0.2) is 45.8 Å². The second-order valence-electron chi connectivity index (χ2n) is 8.16. The summed E-state index contributed by atoms with van der Waals surface area (Å²) in [6.07, 6.45) is 4.02. The van der Waals surface area contributed by atoms with Crippen molar-refractivity contribution < 1.29 is 9.59 Å². The van der Waals surface area contributed by atoms with E-state index in [-0.39, 0.29) is 11.8 Å². The van der Waals surface area contributed by atoms with Gasteiger partial charge in [-0.3, -0.25) is 9.59 Å². The minimum atomic E-state index is -0.979. The maximum atomic E-state index is 13.4. The number of piperazine rings is 1. The van der Waals surface area contributed by atoms with Crippen LogP contribution in [0.3, 0.4) is 0 Å². The Kier molecular flexibility index (Phi) is 5.41. The number of benzene rings is 2. The Morgan fingerprint density at radius 1 is 1.00 bits per heavy atom. The predicted octanol–water partition coefficient (Wildman–Crippen LogP) is 3.62. The molecule has 0 aliphatic carbocycles. The van der Waals surface area contributed by atoms with E-state index < -0.39 is 5.54 Å². The van der Waals surface area contributed by atoms with Gasteiger partial charge in [0, 0.05) is 38.1 Å². The molecule has 1 fully saturated rings. The van der Waals surface area contributed by atoms with Crippen LogP contribution in [0.4, 0.5) is 0 Å².